The van der Waals surface area contributed by atoms with Crippen molar-refractivity contribution in [1.29, 1.82) is 0 Å². The summed E-state index contributed by atoms with van der Waals surface area (Å²) in [7, 11) is 1.57. The standard InChI is InChI=1S/C22H18FN3O3.C19H19N3O3S/c1-3-26-22(28)21(24-17-6-4-5-16(23)12-17)19(13(2)27)20(25-26)15-7-8-18-14(11-15)9-10-29-18;1-4-22-19(24)18(20-14-6-5-7-15(10-14)25-3)16(12(2)23)17(21-22)13-8-9-26-11-13/h4-12,24H,3H2,1-2H3;5-11,20H,4H2,1-3H3. The molecule has 0 aliphatic rings. The van der Waals surface area contributed by atoms with Crippen LogP contribution in [0.4, 0.5) is 27.1 Å². The molecule has 0 spiro atoms. The zero-order valence-electron chi connectivity index (χ0n) is 30.7. The van der Waals surface area contributed by atoms with Crippen molar-refractivity contribution in [2.45, 2.75) is 40.8 Å². The van der Waals surface area contributed by atoms with Crippen LogP contribution in [0.15, 0.2) is 110 Å². The molecule has 0 atom stereocenters. The van der Waals surface area contributed by atoms with E-state index in [0.717, 1.165) is 10.9 Å². The molecule has 0 aliphatic carbocycles. The average Bonchev–Trinajstić information content (AvgIpc) is 3.89. The van der Waals surface area contributed by atoms with Gasteiger partial charge in [-0.25, -0.2) is 13.8 Å². The van der Waals surface area contributed by atoms with Crippen molar-refractivity contribution < 1.29 is 23.1 Å². The molecule has 0 fully saturated rings. The largest absolute Gasteiger partial charge is 0.497 e. The van der Waals surface area contributed by atoms with Crippen LogP contribution in [0.5, 0.6) is 5.75 Å². The van der Waals surface area contributed by atoms with Gasteiger partial charge in [-0.15, -0.1) is 0 Å². The first-order chi connectivity index (χ1) is 26.5. The van der Waals surface area contributed by atoms with Gasteiger partial charge >= 0.3 is 0 Å². The maximum Gasteiger partial charge on any atom is 0.291 e. The molecule has 0 saturated carbocycles. The number of fused-ring (bicyclic) bond motifs is 1. The molecule has 0 radical (unpaired) electrons. The van der Waals surface area contributed by atoms with E-state index in [2.05, 4.69) is 20.8 Å². The van der Waals surface area contributed by atoms with Crippen LogP contribution < -0.4 is 26.5 Å². The Morgan fingerprint density at radius 1 is 0.782 bits per heavy atom. The second kappa shape index (κ2) is 16.6. The predicted octanol–water partition coefficient (Wildman–Crippen LogP) is 8.71. The summed E-state index contributed by atoms with van der Waals surface area (Å²) in [5.41, 5.74) is 4.08. The number of furan rings is 1. The number of nitrogens with one attached hydrogen (secondary N) is 2. The minimum absolute atomic E-state index is 0.0715. The molecule has 12 nitrogen and oxygen atoms in total. The molecule has 7 rings (SSSR count). The van der Waals surface area contributed by atoms with Crippen molar-refractivity contribution in [3.05, 3.63) is 134 Å². The summed E-state index contributed by atoms with van der Waals surface area (Å²) in [6, 6.07) is 22.1. The first-order valence-electron chi connectivity index (χ1n) is 17.3. The van der Waals surface area contributed by atoms with Crippen molar-refractivity contribution in [2.24, 2.45) is 0 Å². The molecule has 2 N–H and O–H groups in total. The molecule has 0 aliphatic heterocycles. The molecule has 55 heavy (non-hydrogen) atoms. The highest BCUT2D eigenvalue weighted by molar-refractivity contribution is 7.08. The molecule has 0 unspecified atom stereocenters. The number of anilines is 4. The molecule has 4 heterocycles. The topological polar surface area (TPSA) is 150 Å². The highest BCUT2D eigenvalue weighted by atomic mass is 32.1. The number of hydrogen-bond acceptors (Lipinski definition) is 11. The Morgan fingerprint density at radius 3 is 1.93 bits per heavy atom. The monoisotopic (exact) mass is 760 g/mol. The molecule has 7 aromatic rings. The third kappa shape index (κ3) is 8.14. The number of halogens is 1. The molecular formula is C41H37FN6O6S. The van der Waals surface area contributed by atoms with E-state index in [4.69, 9.17) is 9.15 Å². The number of methoxy groups -OCH3 is 1. The van der Waals surface area contributed by atoms with Crippen LogP contribution in [0.1, 0.15) is 48.4 Å². The van der Waals surface area contributed by atoms with E-state index in [9.17, 15) is 23.6 Å². The van der Waals surface area contributed by atoms with Crippen LogP contribution in [0, 0.1) is 5.82 Å². The lowest BCUT2D eigenvalue weighted by atomic mass is 10.0. The Labute approximate surface area is 318 Å². The molecule has 4 aromatic heterocycles. The number of ketones is 2. The van der Waals surface area contributed by atoms with Crippen molar-refractivity contribution >= 4 is 56.6 Å². The number of benzene rings is 3. The van der Waals surface area contributed by atoms with Crippen LogP contribution >= 0.6 is 11.3 Å². The van der Waals surface area contributed by atoms with E-state index in [0.29, 0.717) is 58.3 Å². The molecule has 280 valence electrons. The van der Waals surface area contributed by atoms with Crippen LogP contribution in [0.2, 0.25) is 0 Å². The number of Topliss-reactive ketones (excluding diaryl/α,β-unsaturated/α-hetero) is 2. The summed E-state index contributed by atoms with van der Waals surface area (Å²) in [6.45, 7) is 7.17. The fraction of sp³-hybridized carbons (Fsp3) is 0.171. The smallest absolute Gasteiger partial charge is 0.291 e. The van der Waals surface area contributed by atoms with Crippen LogP contribution in [0.25, 0.3) is 33.5 Å². The Morgan fingerprint density at radius 2 is 1.38 bits per heavy atom. The Bertz CT molecular complexity index is 2650. The number of nitrogens with zero attached hydrogens (tertiary/aromatic N) is 4. The van der Waals surface area contributed by atoms with Crippen molar-refractivity contribution in [2.75, 3.05) is 17.7 Å². The number of rotatable bonds is 11. The lowest BCUT2D eigenvalue weighted by Gasteiger charge is -2.16. The third-order valence-electron chi connectivity index (χ3n) is 8.57. The second-order valence-electron chi connectivity index (χ2n) is 12.2. The number of carbonyl (C=O) groups excluding carboxylic acids is 2. The van der Waals surface area contributed by atoms with Gasteiger partial charge in [-0.2, -0.15) is 21.5 Å². The molecule has 3 aromatic carbocycles. The Hall–Kier alpha value is -6.67. The predicted molar refractivity (Wildman–Crippen MR) is 213 cm³/mol. The van der Waals surface area contributed by atoms with E-state index < -0.39 is 11.4 Å². The van der Waals surface area contributed by atoms with Gasteiger partial charge in [-0.3, -0.25) is 19.2 Å². The summed E-state index contributed by atoms with van der Waals surface area (Å²) in [5, 5.41) is 19.6. The first-order valence-corrected chi connectivity index (χ1v) is 18.2. The van der Waals surface area contributed by atoms with Gasteiger partial charge in [0.2, 0.25) is 0 Å². The first kappa shape index (κ1) is 38.1. The summed E-state index contributed by atoms with van der Waals surface area (Å²) in [5.74, 6) is -0.333. The number of carbonyl (C=O) groups is 2. The third-order valence-corrected chi connectivity index (χ3v) is 9.25. The summed E-state index contributed by atoms with van der Waals surface area (Å²) < 4.78 is 26.9. The zero-order valence-corrected chi connectivity index (χ0v) is 31.5. The molecule has 0 bridgehead atoms. The molecule has 14 heteroatoms. The Balaban J connectivity index is 0.000000188. The molecule has 0 saturated heterocycles. The summed E-state index contributed by atoms with van der Waals surface area (Å²) in [4.78, 5) is 50.8. The van der Waals surface area contributed by atoms with Crippen molar-refractivity contribution in [1.82, 2.24) is 19.6 Å². The highest BCUT2D eigenvalue weighted by Gasteiger charge is 2.24. The molecular weight excluding hydrogens is 724 g/mol. The second-order valence-corrected chi connectivity index (χ2v) is 13.0. The van der Waals surface area contributed by atoms with E-state index >= 15 is 0 Å². The number of thiophene rings is 1. The number of aryl methyl sites for hydroxylation is 2. The molecule has 0 amide bonds. The maximum atomic E-state index is 13.6. The van der Waals surface area contributed by atoms with Crippen LogP contribution in [0.3, 0.4) is 0 Å². The fourth-order valence-corrected chi connectivity index (χ4v) is 6.60. The zero-order chi connectivity index (χ0) is 39.2. The fourth-order valence-electron chi connectivity index (χ4n) is 5.96. The van der Waals surface area contributed by atoms with E-state index in [1.165, 1.54) is 52.7 Å². The average molecular weight is 761 g/mol. The van der Waals surface area contributed by atoms with Gasteiger partial charge in [-0.05, 0) is 93.7 Å². The van der Waals surface area contributed by atoms with Crippen LogP contribution in [-0.2, 0) is 13.1 Å². The van der Waals surface area contributed by atoms with Gasteiger partial charge in [0.25, 0.3) is 11.1 Å². The number of hydrogen-bond donors (Lipinski definition) is 2. The number of aromatic nitrogens is 4. The van der Waals surface area contributed by atoms with E-state index in [1.54, 1.807) is 44.6 Å². The van der Waals surface area contributed by atoms with Crippen molar-refractivity contribution in [3.63, 3.8) is 0 Å². The quantitative estimate of drug-likeness (QED) is 0.123. The SMILES string of the molecule is CCn1nc(-c2ccc3occc3c2)c(C(C)=O)c(Nc2cccc(F)c2)c1=O.CCn1nc(-c2ccsc2)c(C(C)=O)c(Nc2cccc(OC)c2)c1=O. The minimum Gasteiger partial charge on any atom is -0.497 e. The van der Waals surface area contributed by atoms with Crippen molar-refractivity contribution in [3.8, 4) is 28.3 Å². The van der Waals surface area contributed by atoms with Gasteiger partial charge in [0.05, 0.1) is 24.5 Å². The van der Waals surface area contributed by atoms with Crippen LogP contribution in [-0.4, -0.2) is 38.2 Å². The van der Waals surface area contributed by atoms with Gasteiger partial charge in [-0.1, -0.05) is 12.1 Å². The Kier molecular flexibility index (Phi) is 11.5. The normalized spacial score (nSPS) is 10.8. The maximum absolute atomic E-state index is 13.6. The minimum atomic E-state index is -0.449. The van der Waals surface area contributed by atoms with E-state index in [1.807, 2.05) is 54.1 Å². The lowest BCUT2D eigenvalue weighted by molar-refractivity contribution is 0.101. The van der Waals surface area contributed by atoms with Gasteiger partial charge < -0.3 is 19.8 Å². The van der Waals surface area contributed by atoms with Gasteiger partial charge in [0.15, 0.2) is 11.6 Å². The van der Waals surface area contributed by atoms with E-state index in [-0.39, 0.29) is 34.1 Å². The lowest BCUT2D eigenvalue weighted by Crippen LogP contribution is -2.28. The number of ether oxygens (including phenoxy) is 1. The van der Waals surface area contributed by atoms with Gasteiger partial charge in [0.1, 0.15) is 39.9 Å². The summed E-state index contributed by atoms with van der Waals surface area (Å²) in [6.07, 6.45) is 1.58. The van der Waals surface area contributed by atoms with Gasteiger partial charge in [0, 0.05) is 52.4 Å². The highest BCUT2D eigenvalue weighted by Crippen LogP contribution is 2.32. The summed E-state index contributed by atoms with van der Waals surface area (Å²) >= 11 is 1.51.